The van der Waals surface area contributed by atoms with E-state index in [2.05, 4.69) is 47.9 Å². The lowest BCUT2D eigenvalue weighted by Gasteiger charge is -2.30. The molecule has 21 heavy (non-hydrogen) atoms. The van der Waals surface area contributed by atoms with E-state index in [4.69, 9.17) is 0 Å². The minimum atomic E-state index is 0.576. The normalized spacial score (nSPS) is 12.0. The molecule has 0 spiro atoms. The summed E-state index contributed by atoms with van der Waals surface area (Å²) in [5.41, 5.74) is 2.91. The van der Waals surface area contributed by atoms with Gasteiger partial charge in [-0.25, -0.2) is 4.98 Å². The Kier molecular flexibility index (Phi) is 5.65. The first-order valence-electron chi connectivity index (χ1n) is 7.75. The topological polar surface area (TPSA) is 41.0 Å². The van der Waals surface area contributed by atoms with Gasteiger partial charge in [-0.3, -0.25) is 9.88 Å². The number of hydrogen-bond donors (Lipinski definition) is 1. The third-order valence-corrected chi connectivity index (χ3v) is 3.68. The SMILES string of the molecule is CC(C)N(CCNCc1cnc2ccccc2n1)C(C)C. The zero-order valence-corrected chi connectivity index (χ0v) is 13.5. The summed E-state index contributed by atoms with van der Waals surface area (Å²) in [4.78, 5) is 11.5. The van der Waals surface area contributed by atoms with Crippen molar-refractivity contribution in [2.75, 3.05) is 13.1 Å². The Labute approximate surface area is 127 Å². The lowest BCUT2D eigenvalue weighted by atomic mass is 10.2. The van der Waals surface area contributed by atoms with Crippen molar-refractivity contribution in [3.05, 3.63) is 36.2 Å². The monoisotopic (exact) mass is 286 g/mol. The molecule has 0 amide bonds. The number of hydrogen-bond acceptors (Lipinski definition) is 4. The molecule has 0 saturated heterocycles. The van der Waals surface area contributed by atoms with Gasteiger partial charge in [0, 0.05) is 31.7 Å². The Morgan fingerprint density at radius 1 is 1.05 bits per heavy atom. The lowest BCUT2D eigenvalue weighted by Crippen LogP contribution is -2.41. The molecule has 1 heterocycles. The number of rotatable bonds is 7. The van der Waals surface area contributed by atoms with Gasteiger partial charge in [0.2, 0.25) is 0 Å². The van der Waals surface area contributed by atoms with Crippen LogP contribution in [-0.2, 0) is 6.54 Å². The molecule has 1 aromatic heterocycles. The summed E-state index contributed by atoms with van der Waals surface area (Å²) >= 11 is 0. The summed E-state index contributed by atoms with van der Waals surface area (Å²) in [5.74, 6) is 0. The van der Waals surface area contributed by atoms with Crippen LogP contribution in [0.25, 0.3) is 11.0 Å². The van der Waals surface area contributed by atoms with Crippen LogP contribution < -0.4 is 5.32 Å². The summed E-state index contributed by atoms with van der Waals surface area (Å²) < 4.78 is 0. The van der Waals surface area contributed by atoms with Gasteiger partial charge in [0.25, 0.3) is 0 Å². The number of fused-ring (bicyclic) bond motifs is 1. The molecule has 0 radical (unpaired) electrons. The first kappa shape index (κ1) is 15.9. The molecule has 0 aliphatic rings. The summed E-state index contributed by atoms with van der Waals surface area (Å²) in [7, 11) is 0. The van der Waals surface area contributed by atoms with Crippen molar-refractivity contribution in [1.29, 1.82) is 0 Å². The largest absolute Gasteiger partial charge is 0.310 e. The van der Waals surface area contributed by atoms with Crippen molar-refractivity contribution in [1.82, 2.24) is 20.2 Å². The highest BCUT2D eigenvalue weighted by Crippen LogP contribution is 2.08. The Morgan fingerprint density at radius 2 is 1.71 bits per heavy atom. The van der Waals surface area contributed by atoms with Crippen LogP contribution in [0.2, 0.25) is 0 Å². The highest BCUT2D eigenvalue weighted by molar-refractivity contribution is 5.73. The smallest absolute Gasteiger partial charge is 0.0890 e. The summed E-state index contributed by atoms with van der Waals surface area (Å²) in [6, 6.07) is 9.13. The van der Waals surface area contributed by atoms with Gasteiger partial charge >= 0.3 is 0 Å². The Bertz CT molecular complexity index is 557. The fraction of sp³-hybridized carbons (Fsp3) is 0.529. The van der Waals surface area contributed by atoms with E-state index < -0.39 is 0 Å². The standard InChI is InChI=1S/C17H26N4/c1-13(2)21(14(3)4)10-9-18-11-15-12-19-16-7-5-6-8-17(16)20-15/h5-8,12-14,18H,9-11H2,1-4H3. The fourth-order valence-electron chi connectivity index (χ4n) is 2.62. The van der Waals surface area contributed by atoms with Gasteiger partial charge < -0.3 is 5.32 Å². The van der Waals surface area contributed by atoms with Crippen LogP contribution in [-0.4, -0.2) is 40.0 Å². The van der Waals surface area contributed by atoms with Gasteiger partial charge in [-0.2, -0.15) is 0 Å². The molecule has 1 N–H and O–H groups in total. The second kappa shape index (κ2) is 7.48. The molecule has 0 fully saturated rings. The van der Waals surface area contributed by atoms with Crippen LogP contribution in [0.4, 0.5) is 0 Å². The van der Waals surface area contributed by atoms with Gasteiger partial charge in [0.1, 0.15) is 0 Å². The van der Waals surface area contributed by atoms with E-state index in [1.807, 2.05) is 30.5 Å². The molecule has 4 nitrogen and oxygen atoms in total. The van der Waals surface area contributed by atoms with E-state index in [9.17, 15) is 0 Å². The molecule has 0 unspecified atom stereocenters. The average molecular weight is 286 g/mol. The maximum atomic E-state index is 4.62. The van der Waals surface area contributed by atoms with Crippen molar-refractivity contribution in [3.8, 4) is 0 Å². The van der Waals surface area contributed by atoms with E-state index in [1.165, 1.54) is 0 Å². The molecule has 1 aromatic carbocycles. The number of aromatic nitrogens is 2. The molecule has 0 aliphatic carbocycles. The molecule has 4 heteroatoms. The molecular formula is C17H26N4. The first-order valence-corrected chi connectivity index (χ1v) is 7.75. The van der Waals surface area contributed by atoms with Crippen molar-refractivity contribution < 1.29 is 0 Å². The minimum absolute atomic E-state index is 0.576. The van der Waals surface area contributed by atoms with Crippen molar-refractivity contribution in [3.63, 3.8) is 0 Å². The van der Waals surface area contributed by atoms with Gasteiger partial charge in [-0.05, 0) is 39.8 Å². The highest BCUT2D eigenvalue weighted by Gasteiger charge is 2.12. The highest BCUT2D eigenvalue weighted by atomic mass is 15.2. The molecule has 0 saturated carbocycles. The van der Waals surface area contributed by atoms with Crippen LogP contribution in [0.5, 0.6) is 0 Å². The predicted octanol–water partition coefficient (Wildman–Crippen LogP) is 2.84. The van der Waals surface area contributed by atoms with E-state index >= 15 is 0 Å². The van der Waals surface area contributed by atoms with E-state index in [0.29, 0.717) is 12.1 Å². The van der Waals surface area contributed by atoms with E-state index in [1.54, 1.807) is 0 Å². The van der Waals surface area contributed by atoms with Gasteiger partial charge in [0.05, 0.1) is 22.9 Å². The Hall–Kier alpha value is -1.52. The number of nitrogens with zero attached hydrogens (tertiary/aromatic N) is 3. The summed E-state index contributed by atoms with van der Waals surface area (Å²) in [6.07, 6.45) is 1.86. The number of para-hydroxylation sites is 2. The third kappa shape index (κ3) is 4.48. The molecular weight excluding hydrogens is 260 g/mol. The second-order valence-corrected chi connectivity index (χ2v) is 5.95. The molecule has 2 rings (SSSR count). The van der Waals surface area contributed by atoms with Crippen LogP contribution in [0.1, 0.15) is 33.4 Å². The third-order valence-electron chi connectivity index (χ3n) is 3.68. The van der Waals surface area contributed by atoms with Crippen LogP contribution in [0, 0.1) is 0 Å². The molecule has 0 bridgehead atoms. The Morgan fingerprint density at radius 3 is 2.38 bits per heavy atom. The zero-order valence-electron chi connectivity index (χ0n) is 13.5. The quantitative estimate of drug-likeness (QED) is 0.795. The van der Waals surface area contributed by atoms with Crippen molar-refractivity contribution in [2.45, 2.75) is 46.3 Å². The average Bonchev–Trinajstić information content (AvgIpc) is 2.46. The zero-order chi connectivity index (χ0) is 15.2. The maximum absolute atomic E-state index is 4.62. The molecule has 0 aliphatic heterocycles. The van der Waals surface area contributed by atoms with Crippen molar-refractivity contribution in [2.24, 2.45) is 0 Å². The summed E-state index contributed by atoms with van der Waals surface area (Å²) in [5, 5.41) is 3.46. The van der Waals surface area contributed by atoms with Crippen LogP contribution in [0.3, 0.4) is 0 Å². The second-order valence-electron chi connectivity index (χ2n) is 5.95. The number of benzene rings is 1. The van der Waals surface area contributed by atoms with Gasteiger partial charge in [-0.15, -0.1) is 0 Å². The number of nitrogens with one attached hydrogen (secondary N) is 1. The molecule has 0 atom stereocenters. The van der Waals surface area contributed by atoms with Gasteiger partial charge in [0.15, 0.2) is 0 Å². The predicted molar refractivity (Wildman–Crippen MR) is 88.2 cm³/mol. The van der Waals surface area contributed by atoms with Crippen molar-refractivity contribution >= 4 is 11.0 Å². The van der Waals surface area contributed by atoms with Gasteiger partial charge in [-0.1, -0.05) is 12.1 Å². The minimum Gasteiger partial charge on any atom is -0.310 e. The van der Waals surface area contributed by atoms with Crippen LogP contribution in [0.15, 0.2) is 30.5 Å². The lowest BCUT2D eigenvalue weighted by molar-refractivity contribution is 0.175. The first-order chi connectivity index (χ1) is 10.1. The Balaban J connectivity index is 1.84. The molecule has 114 valence electrons. The maximum Gasteiger partial charge on any atom is 0.0890 e. The summed E-state index contributed by atoms with van der Waals surface area (Å²) in [6.45, 7) is 11.8. The van der Waals surface area contributed by atoms with E-state index in [0.717, 1.165) is 36.4 Å². The van der Waals surface area contributed by atoms with E-state index in [-0.39, 0.29) is 0 Å². The fourth-order valence-corrected chi connectivity index (χ4v) is 2.62. The van der Waals surface area contributed by atoms with Crippen LogP contribution >= 0.6 is 0 Å². The molecule has 2 aromatic rings.